The number of hydrogen-bond donors (Lipinski definition) is 1. The van der Waals surface area contributed by atoms with Gasteiger partial charge in [0, 0.05) is 0 Å². The highest BCUT2D eigenvalue weighted by Crippen LogP contribution is 2.29. The van der Waals surface area contributed by atoms with E-state index in [0.717, 1.165) is 5.56 Å². The summed E-state index contributed by atoms with van der Waals surface area (Å²) >= 11 is 0. The van der Waals surface area contributed by atoms with E-state index < -0.39 is 9.84 Å². The maximum Gasteiger partial charge on any atom is 0.178 e. The van der Waals surface area contributed by atoms with E-state index >= 15 is 0 Å². The second kappa shape index (κ2) is 4.40. The van der Waals surface area contributed by atoms with E-state index in [1.165, 1.54) is 0 Å². The van der Waals surface area contributed by atoms with Crippen LogP contribution in [0.25, 0.3) is 0 Å². The first-order chi connectivity index (χ1) is 8.04. The monoisotopic (exact) mass is 255 g/mol. The van der Waals surface area contributed by atoms with Crippen molar-refractivity contribution in [2.45, 2.75) is 17.4 Å². The largest absolute Gasteiger partial charge is 0.377 e. The molecule has 1 aliphatic heterocycles. The molecule has 0 aliphatic carbocycles. The molecule has 0 saturated carbocycles. The fourth-order valence-corrected chi connectivity index (χ4v) is 2.79. The Hall–Kier alpha value is -0.910. The van der Waals surface area contributed by atoms with Crippen LogP contribution in [0.3, 0.4) is 0 Å². The average Bonchev–Trinajstić information content (AvgIpc) is 2.29. The lowest BCUT2D eigenvalue weighted by molar-refractivity contribution is -0.0748. The van der Waals surface area contributed by atoms with Crippen LogP contribution in [0.15, 0.2) is 29.2 Å². The van der Waals surface area contributed by atoms with Gasteiger partial charge < -0.3 is 10.1 Å². The molecule has 5 heteroatoms. The fourth-order valence-electron chi connectivity index (χ4n) is 1.91. The Balaban J connectivity index is 2.30. The van der Waals surface area contributed by atoms with Crippen LogP contribution in [0.4, 0.5) is 0 Å². The SMILES string of the molecule is CCS(=O)(=O)c1ccc(C2(NC)COC2)cc1. The zero-order valence-electron chi connectivity index (χ0n) is 10.1. The van der Waals surface area contributed by atoms with Crippen LogP contribution < -0.4 is 5.32 Å². The van der Waals surface area contributed by atoms with Crippen molar-refractivity contribution in [2.24, 2.45) is 0 Å². The Kier molecular flexibility index (Phi) is 3.25. The molecular weight excluding hydrogens is 238 g/mol. The molecular formula is C12H17NO3S. The van der Waals surface area contributed by atoms with Crippen molar-refractivity contribution in [1.82, 2.24) is 5.32 Å². The van der Waals surface area contributed by atoms with Gasteiger partial charge in [-0.15, -0.1) is 0 Å². The third-order valence-corrected chi connectivity index (χ3v) is 5.07. The molecule has 1 aromatic rings. The van der Waals surface area contributed by atoms with Gasteiger partial charge in [0.05, 0.1) is 29.4 Å². The molecule has 4 nitrogen and oxygen atoms in total. The van der Waals surface area contributed by atoms with Crippen molar-refractivity contribution < 1.29 is 13.2 Å². The van der Waals surface area contributed by atoms with Crippen LogP contribution in [-0.2, 0) is 20.1 Å². The molecule has 1 heterocycles. The van der Waals surface area contributed by atoms with Crippen LogP contribution in [0.1, 0.15) is 12.5 Å². The second-order valence-electron chi connectivity index (χ2n) is 4.25. The average molecular weight is 255 g/mol. The molecule has 0 unspecified atom stereocenters. The first-order valence-electron chi connectivity index (χ1n) is 5.64. The maximum atomic E-state index is 11.7. The Morgan fingerprint density at radius 2 is 1.88 bits per heavy atom. The normalized spacial score (nSPS) is 18.7. The molecule has 1 saturated heterocycles. The summed E-state index contributed by atoms with van der Waals surface area (Å²) in [7, 11) is -1.22. The molecule has 1 N–H and O–H groups in total. The van der Waals surface area contributed by atoms with Crippen LogP contribution >= 0.6 is 0 Å². The van der Waals surface area contributed by atoms with E-state index in [2.05, 4.69) is 5.32 Å². The molecule has 0 spiro atoms. The minimum absolute atomic E-state index is 0.132. The van der Waals surface area contributed by atoms with E-state index in [4.69, 9.17) is 4.74 Å². The Bertz CT molecular complexity index is 483. The van der Waals surface area contributed by atoms with Gasteiger partial charge in [0.2, 0.25) is 0 Å². The van der Waals surface area contributed by atoms with E-state index in [9.17, 15) is 8.42 Å². The van der Waals surface area contributed by atoms with Crippen LogP contribution in [0.2, 0.25) is 0 Å². The third-order valence-electron chi connectivity index (χ3n) is 3.32. The van der Waals surface area contributed by atoms with Gasteiger partial charge in [-0.05, 0) is 24.7 Å². The van der Waals surface area contributed by atoms with E-state index in [0.29, 0.717) is 18.1 Å². The smallest absolute Gasteiger partial charge is 0.178 e. The lowest BCUT2D eigenvalue weighted by atomic mass is 9.88. The molecule has 0 amide bonds. The summed E-state index contributed by atoms with van der Waals surface area (Å²) in [6.45, 7) is 2.91. The van der Waals surface area contributed by atoms with Gasteiger partial charge >= 0.3 is 0 Å². The minimum Gasteiger partial charge on any atom is -0.377 e. The first-order valence-corrected chi connectivity index (χ1v) is 7.29. The van der Waals surface area contributed by atoms with Gasteiger partial charge in [-0.1, -0.05) is 19.1 Å². The highest BCUT2D eigenvalue weighted by atomic mass is 32.2. The molecule has 1 aliphatic rings. The number of rotatable bonds is 4. The van der Waals surface area contributed by atoms with Gasteiger partial charge in [0.25, 0.3) is 0 Å². The number of likely N-dealkylation sites (N-methyl/N-ethyl adjacent to an activating group) is 1. The van der Waals surface area contributed by atoms with Gasteiger partial charge in [0.15, 0.2) is 9.84 Å². The minimum atomic E-state index is -3.11. The van der Waals surface area contributed by atoms with Gasteiger partial charge in [0.1, 0.15) is 0 Å². The molecule has 0 radical (unpaired) electrons. The highest BCUT2D eigenvalue weighted by Gasteiger charge is 2.38. The fraction of sp³-hybridized carbons (Fsp3) is 0.500. The summed E-state index contributed by atoms with van der Waals surface area (Å²) in [5, 5.41) is 3.23. The zero-order valence-corrected chi connectivity index (χ0v) is 10.9. The molecule has 0 aromatic heterocycles. The summed E-state index contributed by atoms with van der Waals surface area (Å²) in [5.74, 6) is 0.132. The Labute approximate surface area is 102 Å². The standard InChI is InChI=1S/C12H17NO3S/c1-3-17(14,15)11-6-4-10(5-7-11)12(13-2)8-16-9-12/h4-7,13H,3,8-9H2,1-2H3. The molecule has 17 heavy (non-hydrogen) atoms. The van der Waals surface area contributed by atoms with Crippen molar-refractivity contribution in [3.63, 3.8) is 0 Å². The van der Waals surface area contributed by atoms with Crippen LogP contribution in [0, 0.1) is 0 Å². The quantitative estimate of drug-likeness (QED) is 0.869. The van der Waals surface area contributed by atoms with Crippen molar-refractivity contribution in [3.8, 4) is 0 Å². The molecule has 2 rings (SSSR count). The predicted molar refractivity (Wildman–Crippen MR) is 65.7 cm³/mol. The predicted octanol–water partition coefficient (Wildman–Crippen LogP) is 0.925. The van der Waals surface area contributed by atoms with E-state index in [1.807, 2.05) is 19.2 Å². The van der Waals surface area contributed by atoms with Crippen molar-refractivity contribution >= 4 is 9.84 Å². The lowest BCUT2D eigenvalue weighted by Gasteiger charge is -2.41. The topological polar surface area (TPSA) is 55.4 Å². The van der Waals surface area contributed by atoms with Gasteiger partial charge in [-0.3, -0.25) is 0 Å². The molecule has 0 atom stereocenters. The molecule has 1 fully saturated rings. The Morgan fingerprint density at radius 3 is 2.24 bits per heavy atom. The second-order valence-corrected chi connectivity index (χ2v) is 6.53. The number of nitrogens with one attached hydrogen (secondary N) is 1. The summed E-state index contributed by atoms with van der Waals surface area (Å²) < 4.78 is 28.6. The summed E-state index contributed by atoms with van der Waals surface area (Å²) in [5.41, 5.74) is 0.926. The number of ether oxygens (including phenoxy) is 1. The van der Waals surface area contributed by atoms with E-state index in [-0.39, 0.29) is 11.3 Å². The Morgan fingerprint density at radius 1 is 1.29 bits per heavy atom. The third kappa shape index (κ3) is 2.10. The number of hydrogen-bond acceptors (Lipinski definition) is 4. The summed E-state index contributed by atoms with van der Waals surface area (Å²) in [6.07, 6.45) is 0. The van der Waals surface area contributed by atoms with Gasteiger partial charge in [-0.2, -0.15) is 0 Å². The van der Waals surface area contributed by atoms with E-state index in [1.54, 1.807) is 19.1 Å². The first kappa shape index (κ1) is 12.5. The zero-order chi connectivity index (χ0) is 12.5. The number of benzene rings is 1. The molecule has 94 valence electrons. The highest BCUT2D eigenvalue weighted by molar-refractivity contribution is 7.91. The molecule has 1 aromatic carbocycles. The van der Waals surface area contributed by atoms with Crippen molar-refractivity contribution in [3.05, 3.63) is 29.8 Å². The summed E-state index contributed by atoms with van der Waals surface area (Å²) in [4.78, 5) is 0.384. The van der Waals surface area contributed by atoms with Crippen molar-refractivity contribution in [2.75, 3.05) is 26.0 Å². The number of sulfone groups is 1. The van der Waals surface area contributed by atoms with Gasteiger partial charge in [-0.25, -0.2) is 8.42 Å². The van der Waals surface area contributed by atoms with Crippen molar-refractivity contribution in [1.29, 1.82) is 0 Å². The van der Waals surface area contributed by atoms with Crippen LogP contribution in [-0.4, -0.2) is 34.4 Å². The molecule has 0 bridgehead atoms. The maximum absolute atomic E-state index is 11.7. The summed E-state index contributed by atoms with van der Waals surface area (Å²) in [6, 6.07) is 7.07. The lowest BCUT2D eigenvalue weighted by Crippen LogP contribution is -2.56. The van der Waals surface area contributed by atoms with Crippen LogP contribution in [0.5, 0.6) is 0 Å².